The summed E-state index contributed by atoms with van der Waals surface area (Å²) in [6.45, 7) is 6.72. The summed E-state index contributed by atoms with van der Waals surface area (Å²) in [6.07, 6.45) is 10.2. The number of carbonyl (C=O) groups is 1. The third-order valence-electron chi connectivity index (χ3n) is 4.17. The molecule has 0 aromatic rings. The zero-order valence-corrected chi connectivity index (χ0v) is 14.0. The van der Waals surface area contributed by atoms with Crippen molar-refractivity contribution in [2.24, 2.45) is 0 Å². The smallest absolute Gasteiger partial charge is 0.323 e. The summed E-state index contributed by atoms with van der Waals surface area (Å²) in [6, 6.07) is 0.386. The molecule has 124 valence electrons. The van der Waals surface area contributed by atoms with Crippen molar-refractivity contribution in [2.45, 2.75) is 96.2 Å². The highest BCUT2D eigenvalue weighted by molar-refractivity contribution is 5.78. The van der Waals surface area contributed by atoms with Crippen LogP contribution in [0.4, 0.5) is 0 Å². The summed E-state index contributed by atoms with van der Waals surface area (Å²) >= 11 is 0. The van der Waals surface area contributed by atoms with Crippen LogP contribution in [0.5, 0.6) is 0 Å². The average Bonchev–Trinajstić information content (AvgIpc) is 3.21. The third kappa shape index (κ3) is 7.82. The first-order valence-electron chi connectivity index (χ1n) is 8.60. The third-order valence-corrected chi connectivity index (χ3v) is 4.17. The van der Waals surface area contributed by atoms with Gasteiger partial charge in [-0.3, -0.25) is 10.1 Å². The Morgan fingerprint density at radius 2 is 1.90 bits per heavy atom. The Balaban J connectivity index is 2.15. The lowest BCUT2D eigenvalue weighted by molar-refractivity contribution is -0.146. The lowest BCUT2D eigenvalue weighted by atomic mass is 9.94. The number of rotatable bonds is 13. The second-order valence-electron chi connectivity index (χ2n) is 6.71. The molecule has 1 saturated carbocycles. The molecule has 0 aromatic carbocycles. The molecule has 2 atom stereocenters. The standard InChI is InChI=1S/C17H33NO3/c1-4-5-6-7-8-9-12-21-14(2)13-17(3,16(19)20)18-15-10-11-15/h14-15,18H,4-13H2,1-3H3,(H,19,20). The van der Waals surface area contributed by atoms with Crippen molar-refractivity contribution in [3.63, 3.8) is 0 Å². The molecule has 2 N–H and O–H groups in total. The number of hydrogen-bond donors (Lipinski definition) is 2. The van der Waals surface area contributed by atoms with E-state index in [9.17, 15) is 9.90 Å². The van der Waals surface area contributed by atoms with E-state index in [-0.39, 0.29) is 6.10 Å². The van der Waals surface area contributed by atoms with Crippen molar-refractivity contribution in [1.29, 1.82) is 0 Å². The van der Waals surface area contributed by atoms with Crippen molar-refractivity contribution in [1.82, 2.24) is 5.32 Å². The molecular formula is C17H33NO3. The maximum Gasteiger partial charge on any atom is 0.323 e. The molecule has 1 aliphatic rings. The van der Waals surface area contributed by atoms with Crippen LogP contribution >= 0.6 is 0 Å². The van der Waals surface area contributed by atoms with Gasteiger partial charge >= 0.3 is 5.97 Å². The normalized spacial score (nSPS) is 19.2. The fourth-order valence-electron chi connectivity index (χ4n) is 2.69. The van der Waals surface area contributed by atoms with Gasteiger partial charge in [0.25, 0.3) is 0 Å². The summed E-state index contributed by atoms with van der Waals surface area (Å²) in [4.78, 5) is 11.5. The quantitative estimate of drug-likeness (QED) is 0.509. The molecule has 0 saturated heterocycles. The van der Waals surface area contributed by atoms with Crippen LogP contribution in [-0.4, -0.2) is 35.4 Å². The number of hydrogen-bond acceptors (Lipinski definition) is 3. The van der Waals surface area contributed by atoms with Crippen molar-refractivity contribution >= 4 is 5.97 Å². The Labute approximate surface area is 129 Å². The van der Waals surface area contributed by atoms with Crippen molar-refractivity contribution in [2.75, 3.05) is 6.61 Å². The molecule has 0 aliphatic heterocycles. The van der Waals surface area contributed by atoms with Crippen molar-refractivity contribution in [3.05, 3.63) is 0 Å². The molecule has 21 heavy (non-hydrogen) atoms. The van der Waals surface area contributed by atoms with Crippen LogP contribution < -0.4 is 5.32 Å². The lowest BCUT2D eigenvalue weighted by Crippen LogP contribution is -2.52. The summed E-state index contributed by atoms with van der Waals surface area (Å²) in [5, 5.41) is 12.7. The Hall–Kier alpha value is -0.610. The van der Waals surface area contributed by atoms with E-state index in [1.165, 1.54) is 32.1 Å². The maximum absolute atomic E-state index is 11.5. The van der Waals surface area contributed by atoms with Gasteiger partial charge in [-0.1, -0.05) is 39.0 Å². The minimum Gasteiger partial charge on any atom is -0.480 e. The second kappa shape index (κ2) is 9.42. The van der Waals surface area contributed by atoms with Gasteiger partial charge in [0.15, 0.2) is 0 Å². The lowest BCUT2D eigenvalue weighted by Gasteiger charge is -2.29. The number of unbranched alkanes of at least 4 members (excludes halogenated alkanes) is 5. The highest BCUT2D eigenvalue weighted by Gasteiger charge is 2.39. The molecule has 1 rings (SSSR count). The fraction of sp³-hybridized carbons (Fsp3) is 0.941. The van der Waals surface area contributed by atoms with Crippen LogP contribution in [0, 0.1) is 0 Å². The van der Waals surface area contributed by atoms with Crippen LogP contribution in [0.3, 0.4) is 0 Å². The Morgan fingerprint density at radius 1 is 1.29 bits per heavy atom. The molecule has 4 heteroatoms. The highest BCUT2D eigenvalue weighted by atomic mass is 16.5. The van der Waals surface area contributed by atoms with E-state index in [4.69, 9.17) is 4.74 Å². The first-order chi connectivity index (χ1) is 9.98. The van der Waals surface area contributed by atoms with Crippen LogP contribution in [-0.2, 0) is 9.53 Å². The van der Waals surface area contributed by atoms with Gasteiger partial charge in [-0.05, 0) is 33.1 Å². The largest absolute Gasteiger partial charge is 0.480 e. The van der Waals surface area contributed by atoms with Gasteiger partial charge in [-0.15, -0.1) is 0 Å². The number of carboxylic acids is 1. The van der Waals surface area contributed by atoms with E-state index < -0.39 is 11.5 Å². The zero-order chi connectivity index (χ0) is 15.7. The molecule has 1 fully saturated rings. The Kier molecular flexibility index (Phi) is 8.27. The van der Waals surface area contributed by atoms with Crippen LogP contribution in [0.2, 0.25) is 0 Å². The van der Waals surface area contributed by atoms with Gasteiger partial charge in [0, 0.05) is 19.1 Å². The number of ether oxygens (including phenoxy) is 1. The van der Waals surface area contributed by atoms with Gasteiger partial charge in [-0.2, -0.15) is 0 Å². The molecule has 0 aromatic heterocycles. The molecular weight excluding hydrogens is 266 g/mol. The van der Waals surface area contributed by atoms with E-state index in [0.717, 1.165) is 25.9 Å². The van der Waals surface area contributed by atoms with Gasteiger partial charge in [0.2, 0.25) is 0 Å². The molecule has 2 unspecified atom stereocenters. The monoisotopic (exact) mass is 299 g/mol. The van der Waals surface area contributed by atoms with Crippen molar-refractivity contribution < 1.29 is 14.6 Å². The summed E-state index contributed by atoms with van der Waals surface area (Å²) in [7, 11) is 0. The van der Waals surface area contributed by atoms with E-state index in [1.807, 2.05) is 6.92 Å². The summed E-state index contributed by atoms with van der Waals surface area (Å²) in [5.41, 5.74) is -0.859. The SMILES string of the molecule is CCCCCCCCOC(C)CC(C)(NC1CC1)C(=O)O. The summed E-state index contributed by atoms with van der Waals surface area (Å²) < 4.78 is 5.79. The van der Waals surface area contributed by atoms with E-state index in [0.29, 0.717) is 12.5 Å². The van der Waals surface area contributed by atoms with Crippen LogP contribution in [0.25, 0.3) is 0 Å². The molecule has 0 amide bonds. The topological polar surface area (TPSA) is 58.6 Å². The van der Waals surface area contributed by atoms with E-state index in [1.54, 1.807) is 6.92 Å². The Morgan fingerprint density at radius 3 is 2.48 bits per heavy atom. The van der Waals surface area contributed by atoms with Gasteiger partial charge in [0.05, 0.1) is 6.10 Å². The van der Waals surface area contributed by atoms with Gasteiger partial charge in [-0.25, -0.2) is 0 Å². The average molecular weight is 299 g/mol. The van der Waals surface area contributed by atoms with Crippen molar-refractivity contribution in [3.8, 4) is 0 Å². The Bertz CT molecular complexity index is 304. The van der Waals surface area contributed by atoms with E-state index >= 15 is 0 Å². The van der Waals surface area contributed by atoms with Crippen LogP contribution in [0.1, 0.15) is 78.6 Å². The predicted octanol–water partition coefficient (Wildman–Crippen LogP) is 3.74. The number of nitrogens with one attached hydrogen (secondary N) is 1. The second-order valence-corrected chi connectivity index (χ2v) is 6.71. The number of carboxylic acid groups (broad SMARTS) is 1. The number of aliphatic carboxylic acids is 1. The minimum absolute atomic E-state index is 0.0204. The molecule has 0 heterocycles. The highest BCUT2D eigenvalue weighted by Crippen LogP contribution is 2.25. The molecule has 0 spiro atoms. The van der Waals surface area contributed by atoms with E-state index in [2.05, 4.69) is 12.2 Å². The molecule has 0 radical (unpaired) electrons. The van der Waals surface area contributed by atoms with Gasteiger partial charge in [0.1, 0.15) is 5.54 Å². The molecule has 0 bridgehead atoms. The first-order valence-corrected chi connectivity index (χ1v) is 8.60. The summed E-state index contributed by atoms with van der Waals surface area (Å²) in [5.74, 6) is -0.774. The first kappa shape index (κ1) is 18.4. The fourth-order valence-corrected chi connectivity index (χ4v) is 2.69. The predicted molar refractivity (Wildman–Crippen MR) is 85.6 cm³/mol. The van der Waals surface area contributed by atoms with Gasteiger partial charge < -0.3 is 9.84 Å². The molecule has 1 aliphatic carbocycles. The molecule has 4 nitrogen and oxygen atoms in total. The minimum atomic E-state index is -0.859. The van der Waals surface area contributed by atoms with Crippen LogP contribution in [0.15, 0.2) is 0 Å². The zero-order valence-electron chi connectivity index (χ0n) is 14.0. The maximum atomic E-state index is 11.5.